The van der Waals surface area contributed by atoms with E-state index in [0.29, 0.717) is 29.4 Å². The fourth-order valence-electron chi connectivity index (χ4n) is 10.4. The Morgan fingerprint density at radius 2 is 1.77 bits per heavy atom. The summed E-state index contributed by atoms with van der Waals surface area (Å²) in [6, 6.07) is 14.5. The number of thiophene rings is 1. The molecule has 3 N–H and O–H groups in total. The Balaban J connectivity index is 1.52. The maximum Gasteiger partial charge on any atom is 0.312 e. The molecule has 0 saturated carbocycles. The van der Waals surface area contributed by atoms with E-state index in [-0.39, 0.29) is 51.2 Å². The van der Waals surface area contributed by atoms with Gasteiger partial charge < -0.3 is 53.7 Å². The number of aromatic nitrogens is 2. The van der Waals surface area contributed by atoms with Crippen molar-refractivity contribution in [3.8, 4) is 10.6 Å². The molecule has 71 heavy (non-hydrogen) atoms. The van der Waals surface area contributed by atoms with Crippen LogP contribution in [0.25, 0.3) is 10.6 Å². The number of fused-ring (bicyclic) bond motifs is 5. The van der Waals surface area contributed by atoms with Crippen molar-refractivity contribution in [2.75, 3.05) is 40.2 Å². The van der Waals surface area contributed by atoms with Crippen LogP contribution < -0.4 is 5.73 Å². The zero-order chi connectivity index (χ0) is 51.8. The molecule has 0 spiro atoms. The molecule has 0 aromatic carbocycles. The maximum absolute atomic E-state index is 14.7. The van der Waals surface area contributed by atoms with Crippen molar-refractivity contribution in [3.05, 3.63) is 65.3 Å². The van der Waals surface area contributed by atoms with Crippen molar-refractivity contribution in [2.45, 2.75) is 155 Å². The molecule has 6 rings (SSSR count). The largest absolute Gasteiger partial charge is 0.461 e. The minimum absolute atomic E-state index is 0.0977. The summed E-state index contributed by atoms with van der Waals surface area (Å²) in [7, 11) is 5.55. The number of ether oxygens (including phenoxy) is 7. The lowest BCUT2D eigenvalue weighted by atomic mass is 9.73. The van der Waals surface area contributed by atoms with Crippen molar-refractivity contribution < 1.29 is 57.5 Å². The molecule has 1 amide bonds. The number of methoxy groups -OCH3 is 1. The second-order valence-electron chi connectivity index (χ2n) is 19.9. The third-order valence-corrected chi connectivity index (χ3v) is 15.0. The number of esters is 2. The molecule has 0 aliphatic carbocycles. The molecule has 0 unspecified atom stereocenters. The lowest BCUT2D eigenvalue weighted by Gasteiger charge is -2.49. The fourth-order valence-corrected chi connectivity index (χ4v) is 11.3. The molecule has 19 heteroatoms. The number of anilines is 1. The quantitative estimate of drug-likeness (QED) is 0.147. The highest BCUT2D eigenvalue weighted by Crippen LogP contribution is 2.42. The number of hydrogen-bond acceptors (Lipinski definition) is 18. The van der Waals surface area contributed by atoms with Crippen LogP contribution in [0.15, 0.2) is 64.9 Å². The van der Waals surface area contributed by atoms with Gasteiger partial charge in [-0.3, -0.25) is 19.4 Å². The van der Waals surface area contributed by atoms with Gasteiger partial charge in [-0.25, -0.2) is 9.98 Å². The summed E-state index contributed by atoms with van der Waals surface area (Å²) < 4.78 is 46.7. The maximum atomic E-state index is 14.7. The molecule has 0 radical (unpaired) electrons. The van der Waals surface area contributed by atoms with Crippen molar-refractivity contribution in [3.63, 3.8) is 0 Å². The number of pyridine rings is 2. The van der Waals surface area contributed by atoms with Gasteiger partial charge in [0.05, 0.1) is 65.7 Å². The highest BCUT2D eigenvalue weighted by molar-refractivity contribution is 7.15. The van der Waals surface area contributed by atoms with Crippen molar-refractivity contribution in [1.29, 1.82) is 0 Å². The van der Waals surface area contributed by atoms with E-state index in [4.69, 9.17) is 43.7 Å². The summed E-state index contributed by atoms with van der Waals surface area (Å²) in [5, 5.41) is 17.4. The van der Waals surface area contributed by atoms with Gasteiger partial charge >= 0.3 is 11.9 Å². The first-order valence-corrected chi connectivity index (χ1v) is 25.3. The molecule has 3 aromatic rings. The van der Waals surface area contributed by atoms with E-state index in [1.165, 1.54) is 18.3 Å². The lowest BCUT2D eigenvalue weighted by Crippen LogP contribution is -2.61. The van der Waals surface area contributed by atoms with Crippen molar-refractivity contribution in [1.82, 2.24) is 14.9 Å². The monoisotopic (exact) mass is 1010 g/mol. The van der Waals surface area contributed by atoms with E-state index in [2.05, 4.69) is 25.0 Å². The Morgan fingerprint density at radius 3 is 2.44 bits per heavy atom. The fraction of sp³-hybridized carbons (Fsp3) is 0.635. The first-order chi connectivity index (χ1) is 33.6. The number of cyclic esters (lactones) is 1. The van der Waals surface area contributed by atoms with Crippen molar-refractivity contribution in [2.24, 2.45) is 33.8 Å². The van der Waals surface area contributed by atoms with Gasteiger partial charge in [0.1, 0.15) is 35.4 Å². The van der Waals surface area contributed by atoms with Crippen LogP contribution in [-0.4, -0.2) is 144 Å². The second-order valence-corrected chi connectivity index (χ2v) is 21.1. The minimum atomic E-state index is -1.88. The molecule has 390 valence electrons. The summed E-state index contributed by atoms with van der Waals surface area (Å²) in [5.74, 6) is -4.61. The normalized spacial score (nSPS) is 34.5. The summed E-state index contributed by atoms with van der Waals surface area (Å²) in [4.78, 5) is 65.2. The predicted molar refractivity (Wildman–Crippen MR) is 268 cm³/mol. The number of aliphatic imine (C=N–C) groups is 1. The van der Waals surface area contributed by atoms with Crippen molar-refractivity contribution >= 4 is 46.4 Å². The topological polar surface area (TPSA) is 225 Å². The zero-order valence-corrected chi connectivity index (χ0v) is 44.1. The molecule has 3 aliphatic heterocycles. The number of hydrogen-bond donors (Lipinski definition) is 2. The molecule has 3 aliphatic rings. The van der Waals surface area contributed by atoms with Crippen LogP contribution in [0.1, 0.15) is 92.1 Å². The number of aliphatic hydroxyl groups is 1. The Kier molecular flexibility index (Phi) is 19.0. The van der Waals surface area contributed by atoms with Gasteiger partial charge in [-0.15, -0.1) is 11.3 Å². The Bertz CT molecular complexity index is 2330. The van der Waals surface area contributed by atoms with Gasteiger partial charge in [0, 0.05) is 48.7 Å². The molecule has 6 heterocycles. The Hall–Kier alpha value is -4.73. The highest BCUT2D eigenvalue weighted by atomic mass is 32.1. The molecule has 14 atom stereocenters. The van der Waals surface area contributed by atoms with Crippen LogP contribution in [0.5, 0.6) is 0 Å². The Morgan fingerprint density at radius 1 is 1.01 bits per heavy atom. The smallest absolute Gasteiger partial charge is 0.312 e. The Labute approximate surface area is 422 Å². The van der Waals surface area contributed by atoms with E-state index in [9.17, 15) is 19.5 Å². The van der Waals surface area contributed by atoms with Crippen LogP contribution >= 0.6 is 11.3 Å². The number of oxime groups is 1. The standard InChI is InChI=1S/C52H74N6O12S/c1-13-41-52(9,62)48-31(4)44(55-34(7)59)29(2)25-51(8,65-27-36(26-64-48)57-66-28-37-20-21-40(71-37)38-18-16-19-42(53)56-38)47(70-50-46(63-12)39(58(10)11)23-30(3)67-50)32(5)45(33(6)49(61)68-41)69-43(60)24-35-17-14-15-22-54-35/h14-22,29-33,39,41,45-48,50,62H,13,23-28H2,1-12H3,(H2,53,56)/b55-44?,57-36-/t29-,30-,31+,32+,33-,39+,41-,45+,46-,47-,48-,50+,51-,52-/m1/s1. The van der Waals surface area contributed by atoms with E-state index in [1.807, 2.05) is 73.0 Å². The minimum Gasteiger partial charge on any atom is -0.461 e. The van der Waals surface area contributed by atoms with Crippen LogP contribution in [-0.2, 0) is 65.4 Å². The number of nitrogens with two attached hydrogens (primary N) is 1. The van der Waals surface area contributed by atoms with Gasteiger partial charge in [-0.1, -0.05) is 45.0 Å². The number of carbonyl (C=O) groups excluding carboxylic acids is 3. The average molecular weight is 1010 g/mol. The highest BCUT2D eigenvalue weighted by Gasteiger charge is 2.54. The second kappa shape index (κ2) is 24.3. The molecule has 3 aromatic heterocycles. The number of nitrogens with zero attached hydrogens (tertiary/aromatic N) is 5. The number of amides is 1. The average Bonchev–Trinajstić information content (AvgIpc) is 3.80. The van der Waals surface area contributed by atoms with E-state index in [0.717, 1.165) is 15.4 Å². The van der Waals surface area contributed by atoms with Gasteiger partial charge in [0.15, 0.2) is 12.9 Å². The van der Waals surface area contributed by atoms with Gasteiger partial charge in [-0.05, 0) is 103 Å². The van der Waals surface area contributed by atoms with Crippen LogP contribution in [0.2, 0.25) is 0 Å². The third-order valence-electron chi connectivity index (χ3n) is 13.9. The predicted octanol–water partition coefficient (Wildman–Crippen LogP) is 6.46. The van der Waals surface area contributed by atoms with Crippen LogP contribution in [0, 0.1) is 23.7 Å². The van der Waals surface area contributed by atoms with Gasteiger partial charge in [0.25, 0.3) is 0 Å². The lowest BCUT2D eigenvalue weighted by molar-refractivity contribution is -0.306. The number of nitrogen functional groups attached to an aromatic ring is 1. The molecule has 3 fully saturated rings. The van der Waals surface area contributed by atoms with Gasteiger partial charge in [0.2, 0.25) is 5.91 Å². The summed E-state index contributed by atoms with van der Waals surface area (Å²) >= 11 is 1.48. The van der Waals surface area contributed by atoms with E-state index >= 15 is 0 Å². The molecule has 2 bridgehead atoms. The number of rotatable bonds is 12. The first kappa shape index (κ1) is 55.6. The zero-order valence-electron chi connectivity index (χ0n) is 43.2. The molecular formula is C52H74N6O12S. The van der Waals surface area contributed by atoms with E-state index in [1.54, 1.807) is 58.3 Å². The SMILES string of the molecule is CC[C@H]1OC(=O)[C@H](C)[C@@H](OC(=O)Cc2ccccn2)[C@H](C)[C@@H](O[C@@H]2O[C@H](C)C[C@H](N(C)C)[C@H]2OC)[C@@]2(C)C[C@@H](C)C(=NC(C)=O)[C@H](C)[C@@H](OC/C(=N/OCc3ccc(-c4cccc(N)n4)s3)CO2)[C@]1(C)O. The molecule has 18 nitrogen and oxygen atoms in total. The van der Waals surface area contributed by atoms with Gasteiger partial charge in [-0.2, -0.15) is 0 Å². The first-order valence-electron chi connectivity index (χ1n) is 24.5. The van der Waals surface area contributed by atoms with Crippen LogP contribution in [0.3, 0.4) is 0 Å². The summed E-state index contributed by atoms with van der Waals surface area (Å²) in [6.07, 6.45) is -3.95. The van der Waals surface area contributed by atoms with E-state index < -0.39 is 89.5 Å². The third kappa shape index (κ3) is 13.7. The summed E-state index contributed by atoms with van der Waals surface area (Å²) in [6.45, 7) is 15.5. The summed E-state index contributed by atoms with van der Waals surface area (Å²) in [5.41, 5.74) is 4.67. The van der Waals surface area contributed by atoms with Crippen LogP contribution in [0.4, 0.5) is 5.82 Å². The molecular weight excluding hydrogens is 933 g/mol. The molecule has 3 saturated heterocycles. The number of carbonyl (C=O) groups is 3. The number of likely N-dealkylation sites (N-methyl/N-ethyl adjacent to an activating group) is 1.